The van der Waals surface area contributed by atoms with Crippen molar-refractivity contribution in [3.63, 3.8) is 0 Å². The first kappa shape index (κ1) is 22.4. The monoisotopic (exact) mass is 474 g/mol. The van der Waals surface area contributed by atoms with Crippen LogP contribution in [0.25, 0.3) is 0 Å². The third kappa shape index (κ3) is 5.93. The SMILES string of the molecule is C[C@H](Sc1nnc(COc2ccccc2Cl)o1)C(=O)Nc1ccc(N2CCOCC2)cc1. The van der Waals surface area contributed by atoms with E-state index < -0.39 is 5.25 Å². The Kier molecular flexibility index (Phi) is 7.51. The van der Waals surface area contributed by atoms with E-state index in [4.69, 9.17) is 25.5 Å². The molecule has 1 aliphatic heterocycles. The number of hydrogen-bond donors (Lipinski definition) is 1. The van der Waals surface area contributed by atoms with Crippen LogP contribution in [0.4, 0.5) is 11.4 Å². The normalized spacial score (nSPS) is 14.8. The second kappa shape index (κ2) is 10.7. The molecule has 1 fully saturated rings. The Balaban J connectivity index is 1.27. The van der Waals surface area contributed by atoms with E-state index in [-0.39, 0.29) is 12.5 Å². The van der Waals surface area contributed by atoms with Gasteiger partial charge in [0, 0.05) is 24.5 Å². The maximum atomic E-state index is 12.6. The first-order chi connectivity index (χ1) is 15.6. The van der Waals surface area contributed by atoms with Crippen LogP contribution in [0.3, 0.4) is 0 Å². The quantitative estimate of drug-likeness (QED) is 0.484. The molecule has 8 nitrogen and oxygen atoms in total. The molecule has 0 unspecified atom stereocenters. The van der Waals surface area contributed by atoms with Crippen molar-refractivity contribution in [1.82, 2.24) is 10.2 Å². The average Bonchev–Trinajstić information content (AvgIpc) is 3.27. The Labute approximate surface area is 195 Å². The first-order valence-electron chi connectivity index (χ1n) is 10.2. The molecule has 1 atom stereocenters. The number of rotatable bonds is 8. The summed E-state index contributed by atoms with van der Waals surface area (Å²) in [5.74, 6) is 0.689. The second-order valence-corrected chi connectivity index (χ2v) is 8.78. The van der Waals surface area contributed by atoms with Gasteiger partial charge in [0.25, 0.3) is 11.1 Å². The number of hydrogen-bond acceptors (Lipinski definition) is 8. The van der Waals surface area contributed by atoms with Crippen LogP contribution in [0.5, 0.6) is 5.75 Å². The van der Waals surface area contributed by atoms with Gasteiger partial charge in [-0.1, -0.05) is 35.5 Å². The van der Waals surface area contributed by atoms with Crippen LogP contribution in [-0.2, 0) is 16.1 Å². The number of halogens is 1. The van der Waals surface area contributed by atoms with E-state index in [9.17, 15) is 4.79 Å². The van der Waals surface area contributed by atoms with Gasteiger partial charge in [0.1, 0.15) is 5.75 Å². The Morgan fingerprint density at radius 3 is 2.69 bits per heavy atom. The standard InChI is InChI=1S/C22H23ClN4O4S/c1-15(21(28)24-16-6-8-17(9-7-16)27-10-12-29-13-11-27)32-22-26-25-20(31-22)14-30-19-5-3-2-4-18(19)23/h2-9,15H,10-14H2,1H3,(H,24,28)/t15-/m0/s1. The van der Waals surface area contributed by atoms with Gasteiger partial charge in [-0.05, 0) is 43.3 Å². The van der Waals surface area contributed by atoms with Crippen LogP contribution < -0.4 is 15.0 Å². The van der Waals surface area contributed by atoms with E-state index in [1.54, 1.807) is 19.1 Å². The summed E-state index contributed by atoms with van der Waals surface area (Å²) in [4.78, 5) is 14.8. The van der Waals surface area contributed by atoms with Gasteiger partial charge in [0.2, 0.25) is 5.91 Å². The highest BCUT2D eigenvalue weighted by molar-refractivity contribution is 8.00. The molecule has 32 heavy (non-hydrogen) atoms. The van der Waals surface area contributed by atoms with Gasteiger partial charge >= 0.3 is 0 Å². The summed E-state index contributed by atoms with van der Waals surface area (Å²) in [6, 6.07) is 14.9. The van der Waals surface area contributed by atoms with Gasteiger partial charge in [-0.3, -0.25) is 4.79 Å². The molecule has 1 N–H and O–H groups in total. The molecule has 0 radical (unpaired) electrons. The van der Waals surface area contributed by atoms with Gasteiger partial charge < -0.3 is 24.1 Å². The molecule has 168 valence electrons. The third-order valence-electron chi connectivity index (χ3n) is 4.79. The number of morpholine rings is 1. The van der Waals surface area contributed by atoms with Crippen molar-refractivity contribution in [2.24, 2.45) is 0 Å². The number of para-hydroxylation sites is 1. The number of anilines is 2. The fourth-order valence-electron chi connectivity index (χ4n) is 3.07. The Morgan fingerprint density at radius 2 is 1.94 bits per heavy atom. The van der Waals surface area contributed by atoms with E-state index in [0.717, 1.165) is 37.7 Å². The van der Waals surface area contributed by atoms with Crippen molar-refractivity contribution in [1.29, 1.82) is 0 Å². The Bertz CT molecular complexity index is 1040. The van der Waals surface area contributed by atoms with Crippen LogP contribution >= 0.6 is 23.4 Å². The third-order valence-corrected chi connectivity index (χ3v) is 6.04. The largest absolute Gasteiger partial charge is 0.482 e. The maximum absolute atomic E-state index is 12.6. The van der Waals surface area contributed by atoms with Crippen molar-refractivity contribution in [3.8, 4) is 5.75 Å². The molecule has 2 heterocycles. The lowest BCUT2D eigenvalue weighted by Gasteiger charge is -2.28. The molecule has 1 aromatic heterocycles. The van der Waals surface area contributed by atoms with Gasteiger partial charge in [0.15, 0.2) is 6.61 Å². The number of nitrogens with zero attached hydrogens (tertiary/aromatic N) is 3. The predicted octanol–water partition coefficient (Wildman–Crippen LogP) is 4.26. The number of ether oxygens (including phenoxy) is 2. The summed E-state index contributed by atoms with van der Waals surface area (Å²) in [6.45, 7) is 5.08. The zero-order valence-corrected chi connectivity index (χ0v) is 19.1. The predicted molar refractivity (Wildman–Crippen MR) is 124 cm³/mol. The van der Waals surface area contributed by atoms with E-state index in [1.807, 2.05) is 36.4 Å². The van der Waals surface area contributed by atoms with Gasteiger partial charge in [-0.2, -0.15) is 0 Å². The highest BCUT2D eigenvalue weighted by atomic mass is 35.5. The van der Waals surface area contributed by atoms with Gasteiger partial charge in [0.05, 0.1) is 23.5 Å². The number of nitrogens with one attached hydrogen (secondary N) is 1. The molecular formula is C22H23ClN4O4S. The topological polar surface area (TPSA) is 89.7 Å². The van der Waals surface area contributed by atoms with Crippen molar-refractivity contribution in [2.45, 2.75) is 24.0 Å². The lowest BCUT2D eigenvalue weighted by molar-refractivity contribution is -0.115. The minimum atomic E-state index is -0.424. The molecule has 4 rings (SSSR count). The Hall–Kier alpha value is -2.75. The van der Waals surface area contributed by atoms with E-state index in [1.165, 1.54) is 11.8 Å². The summed E-state index contributed by atoms with van der Waals surface area (Å²) < 4.78 is 16.6. The summed E-state index contributed by atoms with van der Waals surface area (Å²) in [7, 11) is 0. The Morgan fingerprint density at radius 1 is 1.19 bits per heavy atom. The second-order valence-electron chi connectivity index (χ2n) is 7.08. The fourth-order valence-corrected chi connectivity index (χ4v) is 3.96. The molecule has 0 bridgehead atoms. The average molecular weight is 475 g/mol. The molecule has 1 saturated heterocycles. The number of carbonyl (C=O) groups excluding carboxylic acids is 1. The van der Waals surface area contributed by atoms with E-state index >= 15 is 0 Å². The van der Waals surface area contributed by atoms with Crippen molar-refractivity contribution in [3.05, 3.63) is 59.4 Å². The molecule has 0 spiro atoms. The lowest BCUT2D eigenvalue weighted by Crippen LogP contribution is -2.36. The van der Waals surface area contributed by atoms with Crippen LogP contribution in [0, 0.1) is 0 Å². The van der Waals surface area contributed by atoms with E-state index in [0.29, 0.717) is 21.9 Å². The number of carbonyl (C=O) groups is 1. The summed E-state index contributed by atoms with van der Waals surface area (Å²) in [5, 5.41) is 11.2. The summed E-state index contributed by atoms with van der Waals surface area (Å²) in [5.41, 5.74) is 1.85. The number of amides is 1. The summed E-state index contributed by atoms with van der Waals surface area (Å²) in [6.07, 6.45) is 0. The van der Waals surface area contributed by atoms with Crippen LogP contribution in [-0.4, -0.2) is 47.7 Å². The maximum Gasteiger partial charge on any atom is 0.277 e. The number of aromatic nitrogens is 2. The van der Waals surface area contributed by atoms with Gasteiger partial charge in [-0.15, -0.1) is 10.2 Å². The van der Waals surface area contributed by atoms with Crippen molar-refractivity contribution >= 4 is 40.6 Å². The molecule has 3 aromatic rings. The molecule has 1 aliphatic rings. The highest BCUT2D eigenvalue weighted by Gasteiger charge is 2.19. The highest BCUT2D eigenvalue weighted by Crippen LogP contribution is 2.26. The zero-order chi connectivity index (χ0) is 22.3. The van der Waals surface area contributed by atoms with Crippen LogP contribution in [0.1, 0.15) is 12.8 Å². The fraction of sp³-hybridized carbons (Fsp3) is 0.318. The van der Waals surface area contributed by atoms with Crippen LogP contribution in [0.15, 0.2) is 58.2 Å². The first-order valence-corrected chi connectivity index (χ1v) is 11.4. The van der Waals surface area contributed by atoms with Crippen molar-refractivity contribution in [2.75, 3.05) is 36.5 Å². The molecule has 1 amide bonds. The summed E-state index contributed by atoms with van der Waals surface area (Å²) >= 11 is 7.25. The minimum Gasteiger partial charge on any atom is -0.482 e. The molecular weight excluding hydrogens is 452 g/mol. The minimum absolute atomic E-state index is 0.0906. The molecule has 0 saturated carbocycles. The lowest BCUT2D eigenvalue weighted by atomic mass is 10.2. The molecule has 0 aliphatic carbocycles. The molecule has 10 heteroatoms. The molecule has 2 aromatic carbocycles. The van der Waals surface area contributed by atoms with Crippen LogP contribution in [0.2, 0.25) is 5.02 Å². The number of benzene rings is 2. The number of thioether (sulfide) groups is 1. The van der Waals surface area contributed by atoms with Gasteiger partial charge in [-0.25, -0.2) is 0 Å². The smallest absolute Gasteiger partial charge is 0.277 e. The zero-order valence-electron chi connectivity index (χ0n) is 17.5. The van der Waals surface area contributed by atoms with Crippen molar-refractivity contribution < 1.29 is 18.7 Å². The van der Waals surface area contributed by atoms with E-state index in [2.05, 4.69) is 20.4 Å².